The number of rotatable bonds is 6. The van der Waals surface area contributed by atoms with Gasteiger partial charge in [0.1, 0.15) is 6.61 Å². The maximum atomic E-state index is 11.8. The molecule has 0 bridgehead atoms. The predicted octanol–water partition coefficient (Wildman–Crippen LogP) is 1.97. The largest absolute Gasteiger partial charge is 0.364 e. The van der Waals surface area contributed by atoms with Crippen molar-refractivity contribution in [2.24, 2.45) is 5.73 Å². The maximum Gasteiger partial charge on any atom is 0.246 e. The van der Waals surface area contributed by atoms with Crippen LogP contribution < -0.4 is 11.1 Å². The summed E-state index contributed by atoms with van der Waals surface area (Å²) in [5, 5.41) is 3.07. The summed E-state index contributed by atoms with van der Waals surface area (Å²) in [6.45, 7) is 4.54. The van der Waals surface area contributed by atoms with Crippen LogP contribution in [0.15, 0.2) is 0 Å². The summed E-state index contributed by atoms with van der Waals surface area (Å²) in [7, 11) is 0. The third kappa shape index (κ3) is 5.36. The highest BCUT2D eigenvalue weighted by molar-refractivity contribution is 5.77. The highest BCUT2D eigenvalue weighted by Gasteiger charge is 2.22. The Labute approximate surface area is 111 Å². The quantitative estimate of drug-likeness (QED) is 0.714. The van der Waals surface area contributed by atoms with Gasteiger partial charge >= 0.3 is 0 Å². The third-order valence-electron chi connectivity index (χ3n) is 3.95. The highest BCUT2D eigenvalue weighted by Crippen LogP contribution is 2.17. The average Bonchev–Trinajstić information content (AvgIpc) is 2.64. The lowest BCUT2D eigenvalue weighted by atomic mass is 10.0. The van der Waals surface area contributed by atoms with E-state index in [2.05, 4.69) is 5.32 Å². The smallest absolute Gasteiger partial charge is 0.246 e. The molecular formula is C14H28N2O2. The Hall–Kier alpha value is -0.610. The van der Waals surface area contributed by atoms with Gasteiger partial charge in [-0.1, -0.05) is 32.6 Å². The normalized spacial score (nSPS) is 21.1. The van der Waals surface area contributed by atoms with Crippen LogP contribution in [0, 0.1) is 0 Å². The van der Waals surface area contributed by atoms with Crippen LogP contribution >= 0.6 is 0 Å². The number of carbonyl (C=O) groups is 1. The standard InChI is InChI=1S/C14H28N2O2/c1-3-14(2,11-15)18-10-13(17)16-12-8-6-4-5-7-9-12/h12H,3-11,15H2,1-2H3,(H,16,17). The molecule has 1 aliphatic carbocycles. The first-order chi connectivity index (χ1) is 8.59. The fourth-order valence-electron chi connectivity index (χ4n) is 2.24. The Morgan fingerprint density at radius 3 is 2.44 bits per heavy atom. The number of hydrogen-bond acceptors (Lipinski definition) is 3. The van der Waals surface area contributed by atoms with Gasteiger partial charge in [0.05, 0.1) is 5.60 Å². The van der Waals surface area contributed by atoms with Crippen molar-refractivity contribution in [2.75, 3.05) is 13.2 Å². The first kappa shape index (κ1) is 15.4. The Morgan fingerprint density at radius 1 is 1.33 bits per heavy atom. The van der Waals surface area contributed by atoms with Gasteiger partial charge in [-0.05, 0) is 26.2 Å². The molecule has 0 aromatic heterocycles. The second-order valence-corrected chi connectivity index (χ2v) is 5.55. The summed E-state index contributed by atoms with van der Waals surface area (Å²) in [4.78, 5) is 11.8. The molecule has 1 rings (SSSR count). The first-order valence-corrected chi connectivity index (χ1v) is 7.23. The van der Waals surface area contributed by atoms with Gasteiger partial charge in [-0.2, -0.15) is 0 Å². The van der Waals surface area contributed by atoms with Crippen LogP contribution in [-0.4, -0.2) is 30.7 Å². The molecule has 1 amide bonds. The number of hydrogen-bond donors (Lipinski definition) is 2. The Bertz CT molecular complexity index is 244. The highest BCUT2D eigenvalue weighted by atomic mass is 16.5. The molecule has 18 heavy (non-hydrogen) atoms. The Balaban J connectivity index is 2.28. The van der Waals surface area contributed by atoms with Crippen LogP contribution in [0.1, 0.15) is 58.8 Å². The molecule has 0 spiro atoms. The van der Waals surface area contributed by atoms with Gasteiger partial charge in [-0.3, -0.25) is 4.79 Å². The Morgan fingerprint density at radius 2 is 1.94 bits per heavy atom. The second kappa shape index (κ2) is 7.74. The van der Waals surface area contributed by atoms with Gasteiger partial charge in [0.25, 0.3) is 0 Å². The van der Waals surface area contributed by atoms with E-state index in [9.17, 15) is 4.79 Å². The maximum absolute atomic E-state index is 11.8. The topological polar surface area (TPSA) is 64.3 Å². The Kier molecular flexibility index (Phi) is 6.65. The van der Waals surface area contributed by atoms with E-state index in [4.69, 9.17) is 10.5 Å². The number of carbonyl (C=O) groups excluding carboxylic acids is 1. The molecule has 1 atom stereocenters. The average molecular weight is 256 g/mol. The third-order valence-corrected chi connectivity index (χ3v) is 3.95. The first-order valence-electron chi connectivity index (χ1n) is 7.23. The van der Waals surface area contributed by atoms with Crippen molar-refractivity contribution in [1.82, 2.24) is 5.32 Å². The van der Waals surface area contributed by atoms with Crippen LogP contribution in [0.4, 0.5) is 0 Å². The minimum absolute atomic E-state index is 0.00461. The molecule has 0 aromatic rings. The van der Waals surface area contributed by atoms with E-state index in [0.29, 0.717) is 12.6 Å². The SMILES string of the molecule is CCC(C)(CN)OCC(=O)NC1CCCCCC1. The molecular weight excluding hydrogens is 228 g/mol. The van der Waals surface area contributed by atoms with Crippen molar-refractivity contribution in [3.63, 3.8) is 0 Å². The lowest BCUT2D eigenvalue weighted by Gasteiger charge is -2.27. The lowest BCUT2D eigenvalue weighted by molar-refractivity contribution is -0.132. The van der Waals surface area contributed by atoms with Crippen LogP contribution in [0.2, 0.25) is 0 Å². The van der Waals surface area contributed by atoms with Crippen molar-refractivity contribution in [1.29, 1.82) is 0 Å². The molecule has 0 radical (unpaired) electrons. The fourth-order valence-corrected chi connectivity index (χ4v) is 2.24. The molecule has 0 saturated heterocycles. The molecule has 4 heteroatoms. The van der Waals surface area contributed by atoms with Crippen LogP contribution in [-0.2, 0) is 9.53 Å². The van der Waals surface area contributed by atoms with Crippen LogP contribution in [0.25, 0.3) is 0 Å². The summed E-state index contributed by atoms with van der Waals surface area (Å²) in [5.41, 5.74) is 5.28. The lowest BCUT2D eigenvalue weighted by Crippen LogP contribution is -2.42. The zero-order chi connectivity index (χ0) is 13.4. The summed E-state index contributed by atoms with van der Waals surface area (Å²) in [6.07, 6.45) is 8.07. The molecule has 106 valence electrons. The van der Waals surface area contributed by atoms with Gasteiger partial charge < -0.3 is 15.8 Å². The number of ether oxygens (including phenoxy) is 1. The summed E-state index contributed by atoms with van der Waals surface area (Å²) in [6, 6.07) is 0.342. The molecule has 1 saturated carbocycles. The summed E-state index contributed by atoms with van der Waals surface area (Å²) in [5.74, 6) is -0.00461. The number of nitrogens with two attached hydrogens (primary N) is 1. The molecule has 1 unspecified atom stereocenters. The summed E-state index contributed by atoms with van der Waals surface area (Å²) < 4.78 is 5.63. The zero-order valence-electron chi connectivity index (χ0n) is 11.8. The molecule has 1 fully saturated rings. The number of nitrogens with one attached hydrogen (secondary N) is 1. The fraction of sp³-hybridized carbons (Fsp3) is 0.929. The summed E-state index contributed by atoms with van der Waals surface area (Å²) >= 11 is 0. The number of amides is 1. The van der Waals surface area contributed by atoms with E-state index in [1.807, 2.05) is 13.8 Å². The van der Waals surface area contributed by atoms with E-state index in [1.54, 1.807) is 0 Å². The minimum Gasteiger partial charge on any atom is -0.364 e. The van der Waals surface area contributed by atoms with E-state index in [-0.39, 0.29) is 18.1 Å². The molecule has 0 heterocycles. The predicted molar refractivity (Wildman–Crippen MR) is 73.3 cm³/mol. The molecule has 3 N–H and O–H groups in total. The van der Waals surface area contributed by atoms with Crippen molar-refractivity contribution in [2.45, 2.75) is 70.4 Å². The molecule has 4 nitrogen and oxygen atoms in total. The van der Waals surface area contributed by atoms with Crippen molar-refractivity contribution in [3.05, 3.63) is 0 Å². The van der Waals surface area contributed by atoms with E-state index in [1.165, 1.54) is 25.7 Å². The van der Waals surface area contributed by atoms with E-state index >= 15 is 0 Å². The molecule has 1 aliphatic rings. The van der Waals surface area contributed by atoms with Crippen molar-refractivity contribution >= 4 is 5.91 Å². The van der Waals surface area contributed by atoms with Gasteiger partial charge in [0, 0.05) is 12.6 Å². The van der Waals surface area contributed by atoms with E-state index in [0.717, 1.165) is 19.3 Å². The molecule has 0 aliphatic heterocycles. The van der Waals surface area contributed by atoms with Crippen LogP contribution in [0.5, 0.6) is 0 Å². The van der Waals surface area contributed by atoms with Gasteiger partial charge in [0.2, 0.25) is 5.91 Å². The van der Waals surface area contributed by atoms with Gasteiger partial charge in [0.15, 0.2) is 0 Å². The minimum atomic E-state index is -0.374. The monoisotopic (exact) mass is 256 g/mol. The van der Waals surface area contributed by atoms with Crippen molar-refractivity contribution < 1.29 is 9.53 Å². The van der Waals surface area contributed by atoms with Gasteiger partial charge in [-0.25, -0.2) is 0 Å². The van der Waals surface area contributed by atoms with Gasteiger partial charge in [-0.15, -0.1) is 0 Å². The zero-order valence-corrected chi connectivity index (χ0v) is 11.8. The van der Waals surface area contributed by atoms with E-state index < -0.39 is 0 Å². The van der Waals surface area contributed by atoms with Crippen LogP contribution in [0.3, 0.4) is 0 Å². The second-order valence-electron chi connectivity index (χ2n) is 5.55. The van der Waals surface area contributed by atoms with Crippen molar-refractivity contribution in [3.8, 4) is 0 Å². The molecule has 0 aromatic carbocycles.